The van der Waals surface area contributed by atoms with Gasteiger partial charge in [0, 0.05) is 71.2 Å². The van der Waals surface area contributed by atoms with Crippen LogP contribution in [-0.2, 0) is 0 Å². The molecule has 10 aromatic carbocycles. The fraction of sp³-hybridized carbons (Fsp3) is 0. The van der Waals surface area contributed by atoms with Gasteiger partial charge in [0.2, 0.25) is 0 Å². The molecule has 0 atom stereocenters. The van der Waals surface area contributed by atoms with Crippen molar-refractivity contribution >= 4 is 98.5 Å². The smallest absolute Gasteiger partial charge is 0.131 e. The molecule has 6 heteroatoms. The van der Waals surface area contributed by atoms with Gasteiger partial charge in [-0.15, -0.1) is 0 Å². The van der Waals surface area contributed by atoms with Gasteiger partial charge < -0.3 is 0 Å². The molecular weight excluding hydrogens is 877 g/mol. The van der Waals surface area contributed by atoms with E-state index in [4.69, 9.17) is 0 Å². The van der Waals surface area contributed by atoms with Crippen molar-refractivity contribution in [3.8, 4) is 34.1 Å². The quantitative estimate of drug-likeness (QED) is 0.159. The molecule has 16 aromatic rings. The van der Waals surface area contributed by atoms with E-state index < -0.39 is 0 Å². The highest BCUT2D eigenvalue weighted by molar-refractivity contribution is 6.28. The Labute approximate surface area is 412 Å². The molecule has 0 unspecified atom stereocenters. The van der Waals surface area contributed by atoms with E-state index in [-0.39, 0.29) is 0 Å². The fourth-order valence-corrected chi connectivity index (χ4v) is 12.4. The number of hydrogen-bond acceptors (Lipinski definition) is 0. The maximum absolute atomic E-state index is 2.57. The summed E-state index contributed by atoms with van der Waals surface area (Å²) in [6.45, 7) is 0. The van der Waals surface area contributed by atoms with Crippen LogP contribution in [0.5, 0.6) is 0 Å². The molecular formula is C66H42N6. The van der Waals surface area contributed by atoms with Gasteiger partial charge in [-0.25, -0.2) is 0 Å². The minimum absolute atomic E-state index is 1.10. The van der Waals surface area contributed by atoms with Gasteiger partial charge in [0.15, 0.2) is 0 Å². The number of fused-ring (bicyclic) bond motifs is 15. The number of rotatable bonds is 6. The number of nitrogens with zero attached hydrogens (tertiary/aromatic N) is 6. The third-order valence-electron chi connectivity index (χ3n) is 15.2. The van der Waals surface area contributed by atoms with E-state index in [2.05, 4.69) is 282 Å². The summed E-state index contributed by atoms with van der Waals surface area (Å²) in [5, 5.41) is 10.9. The number of para-hydroxylation sites is 9. The molecule has 16 rings (SSSR count). The van der Waals surface area contributed by atoms with Crippen molar-refractivity contribution in [1.29, 1.82) is 0 Å². The van der Waals surface area contributed by atoms with Crippen LogP contribution in [0.1, 0.15) is 0 Å². The normalized spacial score (nSPS) is 12.2. The van der Waals surface area contributed by atoms with Crippen molar-refractivity contribution < 1.29 is 0 Å². The van der Waals surface area contributed by atoms with E-state index in [1.54, 1.807) is 0 Å². The topological polar surface area (TPSA) is 29.6 Å². The van der Waals surface area contributed by atoms with Crippen molar-refractivity contribution in [2.75, 3.05) is 0 Å². The molecule has 0 radical (unpaired) electrons. The molecule has 0 fully saturated rings. The lowest BCUT2D eigenvalue weighted by molar-refractivity contribution is 1.04. The third kappa shape index (κ3) is 5.16. The Morgan fingerprint density at radius 3 is 0.986 bits per heavy atom. The molecule has 72 heavy (non-hydrogen) atoms. The van der Waals surface area contributed by atoms with Gasteiger partial charge in [-0.2, -0.15) is 0 Å². The summed E-state index contributed by atoms with van der Waals surface area (Å²) in [4.78, 5) is 0. The average molecular weight is 919 g/mol. The number of benzene rings is 10. The first kappa shape index (κ1) is 39.1. The van der Waals surface area contributed by atoms with Gasteiger partial charge in [0.1, 0.15) is 16.9 Å². The minimum atomic E-state index is 1.10. The van der Waals surface area contributed by atoms with Crippen molar-refractivity contribution in [1.82, 2.24) is 27.4 Å². The molecule has 0 spiro atoms. The molecule has 0 aliphatic rings. The van der Waals surface area contributed by atoms with E-state index in [1.165, 1.54) is 59.5 Å². The summed E-state index contributed by atoms with van der Waals surface area (Å²) >= 11 is 0. The second-order valence-electron chi connectivity index (χ2n) is 18.9. The predicted octanol–water partition coefficient (Wildman–Crippen LogP) is 16.8. The van der Waals surface area contributed by atoms with Crippen LogP contribution in [0, 0.1) is 0 Å². The summed E-state index contributed by atoms with van der Waals surface area (Å²) in [5.41, 5.74) is 17.0. The summed E-state index contributed by atoms with van der Waals surface area (Å²) in [6.07, 6.45) is 0. The Kier molecular flexibility index (Phi) is 8.07. The maximum atomic E-state index is 2.57. The van der Waals surface area contributed by atoms with Crippen molar-refractivity contribution in [3.05, 3.63) is 255 Å². The van der Waals surface area contributed by atoms with Crippen molar-refractivity contribution in [2.45, 2.75) is 0 Å². The first-order chi connectivity index (χ1) is 35.8. The van der Waals surface area contributed by atoms with E-state index in [0.29, 0.717) is 0 Å². The number of aromatic nitrogens is 6. The lowest BCUT2D eigenvalue weighted by Gasteiger charge is -2.18. The van der Waals surface area contributed by atoms with Crippen LogP contribution < -0.4 is 0 Å². The summed E-state index contributed by atoms with van der Waals surface area (Å²) < 4.78 is 15.0. The summed E-state index contributed by atoms with van der Waals surface area (Å²) in [7, 11) is 0. The van der Waals surface area contributed by atoms with E-state index in [1.807, 2.05) is 0 Å². The number of hydrogen-bond donors (Lipinski definition) is 0. The Balaban J connectivity index is 1.12. The Bertz CT molecular complexity index is 4830. The van der Waals surface area contributed by atoms with Crippen molar-refractivity contribution in [2.24, 2.45) is 0 Å². The van der Waals surface area contributed by atoms with Crippen LogP contribution in [-0.4, -0.2) is 27.4 Å². The van der Waals surface area contributed by atoms with E-state index >= 15 is 0 Å². The van der Waals surface area contributed by atoms with Gasteiger partial charge in [0.25, 0.3) is 0 Å². The third-order valence-corrected chi connectivity index (χ3v) is 15.2. The molecule has 6 aromatic heterocycles. The SMILES string of the molecule is c1ccc(-n2c3ccccc3c3c4c(-n5c6ccccc6c6c7ccccc7n(-c7cccc8c9c%10ccccc%10n(-c%10ccccc%10)c9n(-c9ccccc9)c78)c65)cccc4n(-c4ccccc4)c32)cc1. The Morgan fingerprint density at radius 1 is 0.181 bits per heavy atom. The molecule has 0 aliphatic carbocycles. The van der Waals surface area contributed by atoms with Crippen LogP contribution in [0.3, 0.4) is 0 Å². The van der Waals surface area contributed by atoms with E-state index in [9.17, 15) is 0 Å². The second kappa shape index (κ2) is 14.9. The molecule has 0 amide bonds. The lowest BCUT2D eigenvalue weighted by atomic mass is 10.1. The van der Waals surface area contributed by atoms with Crippen LogP contribution in [0.15, 0.2) is 255 Å². The van der Waals surface area contributed by atoms with Crippen LogP contribution in [0.4, 0.5) is 0 Å². The lowest BCUT2D eigenvalue weighted by Crippen LogP contribution is -2.06. The molecule has 0 N–H and O–H groups in total. The Hall–Kier alpha value is -9.78. The zero-order chi connectivity index (χ0) is 47.0. The second-order valence-corrected chi connectivity index (χ2v) is 18.9. The first-order valence-corrected chi connectivity index (χ1v) is 24.7. The van der Waals surface area contributed by atoms with Gasteiger partial charge >= 0.3 is 0 Å². The molecule has 0 aliphatic heterocycles. The molecule has 6 heterocycles. The maximum Gasteiger partial charge on any atom is 0.131 e. The highest BCUT2D eigenvalue weighted by Crippen LogP contribution is 2.49. The molecule has 336 valence electrons. The first-order valence-electron chi connectivity index (χ1n) is 24.7. The zero-order valence-corrected chi connectivity index (χ0v) is 38.9. The van der Waals surface area contributed by atoms with Gasteiger partial charge in [-0.05, 0) is 91.0 Å². The fourth-order valence-electron chi connectivity index (χ4n) is 12.4. The van der Waals surface area contributed by atoms with Gasteiger partial charge in [-0.3, -0.25) is 27.4 Å². The summed E-state index contributed by atoms with van der Waals surface area (Å²) in [5.74, 6) is 0. The highest BCUT2D eigenvalue weighted by atomic mass is 15.2. The monoisotopic (exact) mass is 918 g/mol. The molecule has 0 saturated carbocycles. The minimum Gasteiger partial charge on any atom is -0.295 e. The summed E-state index contributed by atoms with van der Waals surface area (Å²) in [6, 6.07) is 93.1. The average Bonchev–Trinajstić information content (AvgIpc) is 4.28. The zero-order valence-electron chi connectivity index (χ0n) is 38.9. The van der Waals surface area contributed by atoms with Gasteiger partial charge in [0.05, 0.1) is 44.5 Å². The molecule has 0 bridgehead atoms. The van der Waals surface area contributed by atoms with Gasteiger partial charge in [-0.1, -0.05) is 164 Å². The van der Waals surface area contributed by atoms with E-state index in [0.717, 1.165) is 73.1 Å². The van der Waals surface area contributed by atoms with Crippen LogP contribution >= 0.6 is 0 Å². The molecule has 6 nitrogen and oxygen atoms in total. The molecule has 0 saturated heterocycles. The predicted molar refractivity (Wildman–Crippen MR) is 300 cm³/mol. The van der Waals surface area contributed by atoms with Crippen molar-refractivity contribution in [3.63, 3.8) is 0 Å². The highest BCUT2D eigenvalue weighted by Gasteiger charge is 2.30. The largest absolute Gasteiger partial charge is 0.295 e. The standard InChI is InChI=1S/C66H42N6/c1-5-23-43(24-6-1)67-52-36-17-13-31-47(52)60-51-35-21-42-58(63(51)70(64(60)67)46-29-11-4-12-30-46)72-55-39-20-15-33-49(55)59-48-32-14-19-38-54(48)71(65(59)72)57-41-22-40-56-62(57)61-50-34-16-18-37-53(50)68(44-25-7-2-8-26-44)66(61)69(56)45-27-9-3-10-28-45/h1-42H. The van der Waals surface area contributed by atoms with Crippen LogP contribution in [0.2, 0.25) is 0 Å². The Morgan fingerprint density at radius 2 is 0.486 bits per heavy atom. The van der Waals surface area contributed by atoms with Crippen LogP contribution in [0.25, 0.3) is 133 Å².